The fourth-order valence-electron chi connectivity index (χ4n) is 3.05. The molecular formula is C22H18FNO4S. The smallest absolute Gasteiger partial charge is 0.348 e. The first-order chi connectivity index (χ1) is 14.1. The van der Waals surface area contributed by atoms with E-state index >= 15 is 0 Å². The lowest BCUT2D eigenvalue weighted by Crippen LogP contribution is -2.30. The molecule has 7 heteroatoms. The lowest BCUT2D eigenvalue weighted by Gasteiger charge is -2.16. The fraction of sp³-hybridized carbons (Fsp3) is 0.182. The molecule has 1 aromatic heterocycles. The van der Waals surface area contributed by atoms with Crippen LogP contribution in [0.15, 0.2) is 54.6 Å². The van der Waals surface area contributed by atoms with Gasteiger partial charge < -0.3 is 14.8 Å². The van der Waals surface area contributed by atoms with Gasteiger partial charge in [0.2, 0.25) is 0 Å². The number of ether oxygens (including phenoxy) is 2. The van der Waals surface area contributed by atoms with Crippen LogP contribution in [-0.4, -0.2) is 25.0 Å². The normalized spacial score (nSPS) is 11.8. The minimum absolute atomic E-state index is 0.296. The maximum Gasteiger partial charge on any atom is 0.348 e. The Morgan fingerprint density at radius 3 is 2.76 bits per heavy atom. The molecule has 1 N–H and O–H groups in total. The molecule has 0 spiro atoms. The van der Waals surface area contributed by atoms with E-state index in [-0.39, 0.29) is 18.3 Å². The van der Waals surface area contributed by atoms with Gasteiger partial charge >= 0.3 is 5.97 Å². The number of carbonyl (C=O) groups excluding carboxylic acids is 2. The number of rotatable bonds is 6. The van der Waals surface area contributed by atoms with E-state index in [0.29, 0.717) is 24.4 Å². The Morgan fingerprint density at radius 1 is 1.14 bits per heavy atom. The topological polar surface area (TPSA) is 64.6 Å². The van der Waals surface area contributed by atoms with Crippen LogP contribution in [0.4, 0.5) is 4.39 Å². The summed E-state index contributed by atoms with van der Waals surface area (Å²) in [6.07, 6.45) is 0.566. The molecular weight excluding hydrogens is 393 g/mol. The molecule has 0 fully saturated rings. The second kappa shape index (κ2) is 8.45. The first-order valence-corrected chi connectivity index (χ1v) is 9.95. The lowest BCUT2D eigenvalue weighted by molar-refractivity contribution is -0.124. The standard InChI is InChI=1S/C22H18FNO4S/c23-16-7-5-14(6-8-16)9-10-24-20(25)13-28-22(26)19-11-15-12-27-18-4-2-1-3-17(18)21(15)29-19/h1-8,11H,9-10,12-13H2,(H,24,25). The SMILES string of the molecule is O=C(COC(=O)c1cc2c(s1)-c1ccccc1OC2)NCCc1ccc(F)cc1. The second-order valence-electron chi connectivity index (χ2n) is 6.55. The molecule has 0 unspecified atom stereocenters. The van der Waals surface area contributed by atoms with E-state index in [9.17, 15) is 14.0 Å². The number of amides is 1. The van der Waals surface area contributed by atoms with Crippen LogP contribution in [0.1, 0.15) is 20.8 Å². The van der Waals surface area contributed by atoms with E-state index in [1.807, 2.05) is 24.3 Å². The molecule has 0 saturated carbocycles. The predicted molar refractivity (Wildman–Crippen MR) is 107 cm³/mol. The van der Waals surface area contributed by atoms with Crippen molar-refractivity contribution in [3.63, 3.8) is 0 Å². The Kier molecular flexibility index (Phi) is 5.57. The molecule has 3 aromatic rings. The summed E-state index contributed by atoms with van der Waals surface area (Å²) in [7, 11) is 0. The van der Waals surface area contributed by atoms with Crippen molar-refractivity contribution >= 4 is 23.2 Å². The summed E-state index contributed by atoms with van der Waals surface area (Å²) >= 11 is 1.34. The van der Waals surface area contributed by atoms with Gasteiger partial charge in [0.1, 0.15) is 23.1 Å². The molecule has 5 nitrogen and oxygen atoms in total. The molecule has 148 valence electrons. The highest BCUT2D eigenvalue weighted by Gasteiger charge is 2.23. The average molecular weight is 411 g/mol. The maximum absolute atomic E-state index is 12.9. The monoisotopic (exact) mass is 411 g/mol. The van der Waals surface area contributed by atoms with Crippen LogP contribution in [0.3, 0.4) is 0 Å². The van der Waals surface area contributed by atoms with E-state index in [4.69, 9.17) is 9.47 Å². The number of carbonyl (C=O) groups is 2. The van der Waals surface area contributed by atoms with E-state index in [0.717, 1.165) is 27.3 Å². The summed E-state index contributed by atoms with van der Waals surface area (Å²) in [5, 5.41) is 2.69. The van der Waals surface area contributed by atoms with Crippen molar-refractivity contribution in [2.45, 2.75) is 13.0 Å². The van der Waals surface area contributed by atoms with Crippen LogP contribution in [-0.2, 0) is 22.6 Å². The van der Waals surface area contributed by atoms with Gasteiger partial charge in [0.05, 0.1) is 0 Å². The van der Waals surface area contributed by atoms with E-state index in [1.54, 1.807) is 18.2 Å². The minimum Gasteiger partial charge on any atom is -0.488 e. The van der Waals surface area contributed by atoms with Crippen molar-refractivity contribution in [3.05, 3.63) is 76.4 Å². The number of thiophene rings is 1. The molecule has 0 radical (unpaired) electrons. The zero-order valence-electron chi connectivity index (χ0n) is 15.4. The number of nitrogens with one attached hydrogen (secondary N) is 1. The van der Waals surface area contributed by atoms with Gasteiger partial charge in [-0.15, -0.1) is 11.3 Å². The van der Waals surface area contributed by atoms with Crippen molar-refractivity contribution in [1.29, 1.82) is 0 Å². The lowest BCUT2D eigenvalue weighted by atomic mass is 10.1. The van der Waals surface area contributed by atoms with Gasteiger partial charge in [-0.1, -0.05) is 24.3 Å². The maximum atomic E-state index is 12.9. The Hall–Kier alpha value is -3.19. The molecule has 0 aliphatic carbocycles. The van der Waals surface area contributed by atoms with E-state index in [2.05, 4.69) is 5.32 Å². The highest BCUT2D eigenvalue weighted by Crippen LogP contribution is 2.42. The first-order valence-electron chi connectivity index (χ1n) is 9.13. The van der Waals surface area contributed by atoms with E-state index < -0.39 is 5.97 Å². The van der Waals surface area contributed by atoms with Crippen LogP contribution >= 0.6 is 11.3 Å². The van der Waals surface area contributed by atoms with Gasteiger partial charge in [0.25, 0.3) is 5.91 Å². The minimum atomic E-state index is -0.532. The average Bonchev–Trinajstić information content (AvgIpc) is 3.18. The highest BCUT2D eigenvalue weighted by molar-refractivity contribution is 7.17. The van der Waals surface area contributed by atoms with Gasteiger partial charge in [0.15, 0.2) is 6.61 Å². The van der Waals surface area contributed by atoms with E-state index in [1.165, 1.54) is 23.5 Å². The molecule has 29 heavy (non-hydrogen) atoms. The van der Waals surface area contributed by atoms with Gasteiger partial charge in [-0.3, -0.25) is 4.79 Å². The number of benzene rings is 2. The Labute approximate surface area is 171 Å². The van der Waals surface area contributed by atoms with Gasteiger partial charge in [0, 0.05) is 22.5 Å². The molecule has 1 aliphatic rings. The zero-order chi connectivity index (χ0) is 20.2. The molecule has 0 saturated heterocycles. The summed E-state index contributed by atoms with van der Waals surface area (Å²) in [6.45, 7) is 0.432. The molecule has 2 heterocycles. The zero-order valence-corrected chi connectivity index (χ0v) is 16.3. The summed E-state index contributed by atoms with van der Waals surface area (Å²) in [5.41, 5.74) is 2.80. The Balaban J connectivity index is 1.28. The quantitative estimate of drug-likeness (QED) is 0.624. The first kappa shape index (κ1) is 19.1. The number of esters is 1. The van der Waals surface area contributed by atoms with Crippen molar-refractivity contribution < 1.29 is 23.5 Å². The third-order valence-corrected chi connectivity index (χ3v) is 5.70. The Bertz CT molecular complexity index is 1050. The Morgan fingerprint density at radius 2 is 1.93 bits per heavy atom. The predicted octanol–water partition coefficient (Wildman–Crippen LogP) is 3.96. The van der Waals surface area contributed by atoms with Gasteiger partial charge in [-0.25, -0.2) is 9.18 Å². The van der Waals surface area contributed by atoms with Crippen LogP contribution in [0.5, 0.6) is 5.75 Å². The second-order valence-corrected chi connectivity index (χ2v) is 7.60. The number of hydrogen-bond donors (Lipinski definition) is 1. The molecule has 1 amide bonds. The number of fused-ring (bicyclic) bond motifs is 3. The van der Waals surface area contributed by atoms with Crippen molar-refractivity contribution in [3.8, 4) is 16.2 Å². The van der Waals surface area contributed by atoms with Crippen LogP contribution in [0.2, 0.25) is 0 Å². The van der Waals surface area contributed by atoms with Crippen LogP contribution < -0.4 is 10.1 Å². The van der Waals surface area contributed by atoms with Crippen molar-refractivity contribution in [2.24, 2.45) is 0 Å². The van der Waals surface area contributed by atoms with Crippen LogP contribution in [0.25, 0.3) is 10.4 Å². The van der Waals surface area contributed by atoms with Crippen molar-refractivity contribution in [1.82, 2.24) is 5.32 Å². The van der Waals surface area contributed by atoms with Gasteiger partial charge in [-0.2, -0.15) is 0 Å². The van der Waals surface area contributed by atoms with Crippen molar-refractivity contribution in [2.75, 3.05) is 13.2 Å². The molecule has 2 aromatic carbocycles. The number of para-hydroxylation sites is 1. The largest absolute Gasteiger partial charge is 0.488 e. The van der Waals surface area contributed by atoms with Gasteiger partial charge in [-0.05, 0) is 42.3 Å². The van der Waals surface area contributed by atoms with Crippen LogP contribution in [0, 0.1) is 5.82 Å². The summed E-state index contributed by atoms with van der Waals surface area (Å²) in [4.78, 5) is 25.7. The fourth-order valence-corrected chi connectivity index (χ4v) is 4.14. The molecule has 0 bridgehead atoms. The number of hydrogen-bond acceptors (Lipinski definition) is 5. The third kappa shape index (κ3) is 4.46. The summed E-state index contributed by atoms with van der Waals surface area (Å²) in [5.74, 6) is -0.414. The molecule has 4 rings (SSSR count). The molecule has 1 aliphatic heterocycles. The highest BCUT2D eigenvalue weighted by atomic mass is 32.1. The number of halogens is 1. The summed E-state index contributed by atoms with van der Waals surface area (Å²) in [6, 6.07) is 15.5. The summed E-state index contributed by atoms with van der Waals surface area (Å²) < 4.78 is 23.7. The third-order valence-electron chi connectivity index (χ3n) is 4.51. The molecule has 0 atom stereocenters.